The van der Waals surface area contributed by atoms with Crippen LogP contribution in [0, 0.1) is 0 Å². The van der Waals surface area contributed by atoms with Crippen molar-refractivity contribution in [2.24, 2.45) is 0 Å². The Kier molecular flexibility index (Phi) is 5.00. The Labute approximate surface area is 285 Å². The average Bonchev–Trinajstić information content (AvgIpc) is 3.75. The maximum atomic E-state index is 6.62. The standard InChI is InChI=1S/C48H26O2/c1-2-10-30-29(9-1)25-39(32-12-4-3-11-31(30)32)33-21-17-27-20-24-37-34(22-18-28-19-23-36(33)44(27)45(28)37)40-26-41-35-13-5-7-15-42(35)49-47(41)48-46(40)38-14-6-8-16-43(38)50-48/h1-26H. The zero-order chi connectivity index (χ0) is 32.5. The highest BCUT2D eigenvalue weighted by molar-refractivity contribution is 6.31. The first-order valence-electron chi connectivity index (χ1n) is 17.2. The molecule has 0 fully saturated rings. The van der Waals surface area contributed by atoms with Gasteiger partial charge in [0.15, 0.2) is 11.2 Å². The average molecular weight is 635 g/mol. The van der Waals surface area contributed by atoms with E-state index in [2.05, 4.69) is 140 Å². The molecule has 0 atom stereocenters. The lowest BCUT2D eigenvalue weighted by Crippen LogP contribution is -1.91. The Bertz CT molecular complexity index is 3370. The number of rotatable bonds is 2. The van der Waals surface area contributed by atoms with Gasteiger partial charge in [0.25, 0.3) is 0 Å². The van der Waals surface area contributed by atoms with Gasteiger partial charge in [-0.05, 0) is 100 Å². The minimum Gasteiger partial charge on any atom is -0.452 e. The lowest BCUT2D eigenvalue weighted by molar-refractivity contribution is 0.633. The minimum absolute atomic E-state index is 0.797. The van der Waals surface area contributed by atoms with E-state index in [-0.39, 0.29) is 0 Å². The van der Waals surface area contributed by atoms with E-state index in [0.29, 0.717) is 0 Å². The van der Waals surface area contributed by atoms with Crippen LogP contribution in [0.15, 0.2) is 167 Å². The molecule has 0 unspecified atom stereocenters. The predicted octanol–water partition coefficient (Wildman–Crippen LogP) is 14.0. The van der Waals surface area contributed by atoms with Crippen molar-refractivity contribution in [3.8, 4) is 22.3 Å². The van der Waals surface area contributed by atoms with Gasteiger partial charge in [-0.3, -0.25) is 0 Å². The first kappa shape index (κ1) is 26.3. The van der Waals surface area contributed by atoms with E-state index in [9.17, 15) is 0 Å². The van der Waals surface area contributed by atoms with Crippen LogP contribution in [0.1, 0.15) is 0 Å². The number of para-hydroxylation sites is 2. The largest absolute Gasteiger partial charge is 0.452 e. The molecule has 10 aromatic carbocycles. The van der Waals surface area contributed by atoms with E-state index < -0.39 is 0 Å². The first-order valence-corrected chi connectivity index (χ1v) is 17.2. The third-order valence-corrected chi connectivity index (χ3v) is 11.0. The highest BCUT2D eigenvalue weighted by Gasteiger charge is 2.23. The SMILES string of the molecule is c1ccc2c(c1)cc(-c1ccc3ccc4c(-c5cc6c7ccccc7oc6c6oc7ccccc7c56)ccc5ccc1c3c54)c1ccccc12. The van der Waals surface area contributed by atoms with Gasteiger partial charge < -0.3 is 8.83 Å². The van der Waals surface area contributed by atoms with Crippen molar-refractivity contribution in [2.75, 3.05) is 0 Å². The van der Waals surface area contributed by atoms with Crippen molar-refractivity contribution in [2.45, 2.75) is 0 Å². The molecule has 0 bridgehead atoms. The van der Waals surface area contributed by atoms with Gasteiger partial charge in [0.05, 0.1) is 0 Å². The zero-order valence-corrected chi connectivity index (χ0v) is 26.8. The topological polar surface area (TPSA) is 26.3 Å². The van der Waals surface area contributed by atoms with E-state index in [1.165, 1.54) is 70.6 Å². The fourth-order valence-electron chi connectivity index (χ4n) is 8.83. The van der Waals surface area contributed by atoms with Crippen molar-refractivity contribution >= 4 is 97.7 Å². The van der Waals surface area contributed by atoms with Crippen LogP contribution in [-0.2, 0) is 0 Å². The molecule has 0 aliphatic rings. The molecular weight excluding hydrogens is 609 g/mol. The summed E-state index contributed by atoms with van der Waals surface area (Å²) in [5, 5.41) is 17.0. The Morgan fingerprint density at radius 2 is 0.800 bits per heavy atom. The smallest absolute Gasteiger partial charge is 0.179 e. The highest BCUT2D eigenvalue weighted by atomic mass is 16.4. The van der Waals surface area contributed by atoms with Crippen molar-refractivity contribution in [3.63, 3.8) is 0 Å². The second-order valence-electron chi connectivity index (χ2n) is 13.5. The molecule has 12 rings (SSSR count). The molecule has 0 N–H and O–H groups in total. The van der Waals surface area contributed by atoms with Gasteiger partial charge in [-0.25, -0.2) is 0 Å². The van der Waals surface area contributed by atoms with Gasteiger partial charge in [-0.15, -0.1) is 0 Å². The quantitative estimate of drug-likeness (QED) is 0.177. The molecule has 2 heteroatoms. The molecule has 0 saturated carbocycles. The molecule has 0 aliphatic heterocycles. The highest BCUT2D eigenvalue weighted by Crippen LogP contribution is 2.48. The number of benzene rings is 10. The summed E-state index contributed by atoms with van der Waals surface area (Å²) < 4.78 is 13.1. The Balaban J connectivity index is 1.21. The zero-order valence-electron chi connectivity index (χ0n) is 26.8. The molecule has 2 heterocycles. The molecule has 50 heavy (non-hydrogen) atoms. The third-order valence-electron chi connectivity index (χ3n) is 11.0. The maximum Gasteiger partial charge on any atom is 0.179 e. The van der Waals surface area contributed by atoms with Crippen LogP contribution in [0.25, 0.3) is 120 Å². The lowest BCUT2D eigenvalue weighted by atomic mass is 9.85. The number of fused-ring (bicyclic) bond motifs is 10. The summed E-state index contributed by atoms with van der Waals surface area (Å²) in [6, 6.07) is 57.3. The normalized spacial score (nSPS) is 12.4. The third kappa shape index (κ3) is 3.37. The van der Waals surface area contributed by atoms with Crippen molar-refractivity contribution in [1.29, 1.82) is 0 Å². The Morgan fingerprint density at radius 1 is 0.260 bits per heavy atom. The fourth-order valence-corrected chi connectivity index (χ4v) is 8.83. The van der Waals surface area contributed by atoms with Crippen molar-refractivity contribution in [3.05, 3.63) is 158 Å². The van der Waals surface area contributed by atoms with Gasteiger partial charge in [0.1, 0.15) is 11.2 Å². The van der Waals surface area contributed by atoms with E-state index in [1.807, 2.05) is 18.2 Å². The lowest BCUT2D eigenvalue weighted by Gasteiger charge is -2.18. The second-order valence-corrected chi connectivity index (χ2v) is 13.5. The van der Waals surface area contributed by atoms with E-state index >= 15 is 0 Å². The Morgan fingerprint density at radius 3 is 1.54 bits per heavy atom. The first-order chi connectivity index (χ1) is 24.8. The monoisotopic (exact) mass is 634 g/mol. The minimum atomic E-state index is 0.797. The Hall–Kier alpha value is -6.64. The van der Waals surface area contributed by atoms with E-state index in [4.69, 9.17) is 8.83 Å². The van der Waals surface area contributed by atoms with Crippen LogP contribution < -0.4 is 0 Å². The molecule has 0 radical (unpaired) electrons. The second kappa shape index (κ2) is 9.49. The molecule has 0 saturated heterocycles. The molecule has 0 spiro atoms. The van der Waals surface area contributed by atoms with Gasteiger partial charge in [-0.1, -0.05) is 133 Å². The number of hydrogen-bond acceptors (Lipinski definition) is 2. The summed E-state index contributed by atoms with van der Waals surface area (Å²) in [5.74, 6) is 0. The predicted molar refractivity (Wildman–Crippen MR) is 211 cm³/mol. The number of furan rings is 2. The molecule has 0 amide bonds. The van der Waals surface area contributed by atoms with E-state index in [0.717, 1.165) is 49.4 Å². The maximum absolute atomic E-state index is 6.62. The van der Waals surface area contributed by atoms with Crippen LogP contribution in [0.3, 0.4) is 0 Å². The summed E-state index contributed by atoms with van der Waals surface area (Å²) in [5.41, 5.74) is 8.19. The molecule has 230 valence electrons. The van der Waals surface area contributed by atoms with Gasteiger partial charge in [0, 0.05) is 21.5 Å². The summed E-state index contributed by atoms with van der Waals surface area (Å²) >= 11 is 0. The van der Waals surface area contributed by atoms with Crippen LogP contribution in [-0.4, -0.2) is 0 Å². The summed E-state index contributed by atoms with van der Waals surface area (Å²) in [6.45, 7) is 0. The van der Waals surface area contributed by atoms with Crippen LogP contribution >= 0.6 is 0 Å². The number of hydrogen-bond donors (Lipinski definition) is 0. The summed E-state index contributed by atoms with van der Waals surface area (Å²) in [7, 11) is 0. The van der Waals surface area contributed by atoms with Crippen LogP contribution in [0.4, 0.5) is 0 Å². The summed E-state index contributed by atoms with van der Waals surface area (Å²) in [4.78, 5) is 0. The van der Waals surface area contributed by atoms with Crippen molar-refractivity contribution in [1.82, 2.24) is 0 Å². The van der Waals surface area contributed by atoms with Crippen molar-refractivity contribution < 1.29 is 8.83 Å². The van der Waals surface area contributed by atoms with Crippen LogP contribution in [0.5, 0.6) is 0 Å². The van der Waals surface area contributed by atoms with Crippen LogP contribution in [0.2, 0.25) is 0 Å². The van der Waals surface area contributed by atoms with Gasteiger partial charge in [0.2, 0.25) is 0 Å². The summed E-state index contributed by atoms with van der Waals surface area (Å²) in [6.07, 6.45) is 0. The molecule has 12 aromatic rings. The molecule has 2 aromatic heterocycles. The molecular formula is C48H26O2. The van der Waals surface area contributed by atoms with E-state index in [1.54, 1.807) is 0 Å². The molecule has 0 aliphatic carbocycles. The fraction of sp³-hybridized carbons (Fsp3) is 0. The molecule has 2 nitrogen and oxygen atoms in total. The van der Waals surface area contributed by atoms with Gasteiger partial charge in [-0.2, -0.15) is 0 Å². The van der Waals surface area contributed by atoms with Gasteiger partial charge >= 0.3 is 0 Å².